The molecule has 0 bridgehead atoms. The molecule has 0 saturated heterocycles. The van der Waals surface area contributed by atoms with E-state index in [4.69, 9.17) is 4.98 Å². The van der Waals surface area contributed by atoms with Crippen molar-refractivity contribution in [2.45, 2.75) is 23.8 Å². The van der Waals surface area contributed by atoms with Crippen LogP contribution in [-0.2, 0) is 0 Å². The van der Waals surface area contributed by atoms with Crippen molar-refractivity contribution in [2.24, 2.45) is 0 Å². The molecule has 3 heterocycles. The Bertz CT molecular complexity index is 1440. The van der Waals surface area contributed by atoms with E-state index in [1.807, 2.05) is 18.3 Å². The normalized spacial score (nSPS) is 13.5. The summed E-state index contributed by atoms with van der Waals surface area (Å²) in [5.41, 5.74) is 5.69. The first kappa shape index (κ1) is 19.1. The highest BCUT2D eigenvalue weighted by Crippen LogP contribution is 2.35. The summed E-state index contributed by atoms with van der Waals surface area (Å²) in [4.78, 5) is 22.6. The monoisotopic (exact) mass is 439 g/mol. The van der Waals surface area contributed by atoms with Crippen LogP contribution in [0.5, 0.6) is 0 Å². The molecule has 0 aliphatic heterocycles. The molecule has 158 valence electrons. The minimum absolute atomic E-state index is 0.475. The van der Waals surface area contributed by atoms with Crippen molar-refractivity contribution < 1.29 is 0 Å². The number of nitrogens with zero attached hydrogens (tertiary/aromatic N) is 4. The Morgan fingerprint density at radius 1 is 1.00 bits per heavy atom. The smallest absolute Gasteiger partial charge is 0.231 e. The Hall–Kier alpha value is -3.65. The van der Waals surface area contributed by atoms with Crippen LogP contribution in [0.3, 0.4) is 0 Å². The van der Waals surface area contributed by atoms with Gasteiger partial charge in [0.15, 0.2) is 11.5 Å². The number of anilines is 3. The van der Waals surface area contributed by atoms with Gasteiger partial charge >= 0.3 is 0 Å². The van der Waals surface area contributed by atoms with E-state index in [0.29, 0.717) is 17.6 Å². The second-order valence-corrected chi connectivity index (χ2v) is 8.68. The maximum Gasteiger partial charge on any atom is 0.231 e. The van der Waals surface area contributed by atoms with Crippen LogP contribution >= 0.6 is 11.8 Å². The zero-order valence-corrected chi connectivity index (χ0v) is 18.3. The molecule has 3 aromatic heterocycles. The van der Waals surface area contributed by atoms with Crippen LogP contribution in [0.25, 0.3) is 33.2 Å². The van der Waals surface area contributed by atoms with E-state index in [1.165, 1.54) is 10.5 Å². The standard InChI is InChI=1S/C24H21N7S/c1-32-20-5-3-2-4-17(20)16-10-11-25-19-9-8-15(12-18(16)19)29-24-30-22-21(26-13-27-22)23(31-24)28-14-6-7-14/h2-5,8-14H,6-7H2,1H3,(H3,26,27,28,29,30,31). The van der Waals surface area contributed by atoms with Crippen molar-refractivity contribution in [2.75, 3.05) is 16.9 Å². The van der Waals surface area contributed by atoms with E-state index in [1.54, 1.807) is 18.1 Å². The van der Waals surface area contributed by atoms with E-state index in [9.17, 15) is 0 Å². The topological polar surface area (TPSA) is 91.4 Å². The van der Waals surface area contributed by atoms with Crippen LogP contribution in [0.4, 0.5) is 17.5 Å². The predicted molar refractivity (Wildman–Crippen MR) is 131 cm³/mol. The predicted octanol–water partition coefficient (Wildman–Crippen LogP) is 5.61. The van der Waals surface area contributed by atoms with Crippen LogP contribution in [0.2, 0.25) is 0 Å². The van der Waals surface area contributed by atoms with Gasteiger partial charge in [-0.05, 0) is 60.6 Å². The minimum atomic E-state index is 0.475. The number of imidazole rings is 1. The van der Waals surface area contributed by atoms with Gasteiger partial charge < -0.3 is 15.6 Å². The zero-order valence-electron chi connectivity index (χ0n) is 17.5. The van der Waals surface area contributed by atoms with Crippen molar-refractivity contribution in [3.63, 3.8) is 0 Å². The number of rotatable bonds is 6. The van der Waals surface area contributed by atoms with Gasteiger partial charge in [0.25, 0.3) is 0 Å². The lowest BCUT2D eigenvalue weighted by atomic mass is 10.0. The summed E-state index contributed by atoms with van der Waals surface area (Å²) in [5.74, 6) is 1.29. The van der Waals surface area contributed by atoms with E-state index in [2.05, 4.69) is 73.2 Å². The maximum absolute atomic E-state index is 4.70. The molecule has 0 amide bonds. The number of aromatic nitrogens is 5. The van der Waals surface area contributed by atoms with Gasteiger partial charge in [0, 0.05) is 28.2 Å². The van der Waals surface area contributed by atoms with Gasteiger partial charge in [-0.1, -0.05) is 18.2 Å². The molecule has 0 spiro atoms. The zero-order chi connectivity index (χ0) is 21.5. The fourth-order valence-electron chi connectivity index (χ4n) is 3.87. The van der Waals surface area contributed by atoms with Gasteiger partial charge in [-0.15, -0.1) is 11.8 Å². The van der Waals surface area contributed by atoms with Gasteiger partial charge in [0.05, 0.1) is 11.8 Å². The van der Waals surface area contributed by atoms with Gasteiger partial charge in [0.1, 0.15) is 5.52 Å². The number of H-pyrrole nitrogens is 1. The largest absolute Gasteiger partial charge is 0.365 e. The lowest BCUT2D eigenvalue weighted by molar-refractivity contribution is 1.10. The number of nitrogens with one attached hydrogen (secondary N) is 3. The minimum Gasteiger partial charge on any atom is -0.365 e. The molecule has 0 unspecified atom stereocenters. The second kappa shape index (κ2) is 7.80. The molecule has 1 fully saturated rings. The van der Waals surface area contributed by atoms with Gasteiger partial charge in [-0.2, -0.15) is 9.97 Å². The van der Waals surface area contributed by atoms with Gasteiger partial charge in [-0.3, -0.25) is 4.98 Å². The summed E-state index contributed by atoms with van der Waals surface area (Å²) < 4.78 is 0. The molecule has 6 rings (SSSR count). The average molecular weight is 440 g/mol. The molecule has 1 aliphatic rings. The molecule has 0 atom stereocenters. The van der Waals surface area contributed by atoms with Crippen LogP contribution in [-0.4, -0.2) is 37.2 Å². The Balaban J connectivity index is 1.41. The molecular formula is C24H21N7S. The van der Waals surface area contributed by atoms with Crippen molar-refractivity contribution in [3.8, 4) is 11.1 Å². The van der Waals surface area contributed by atoms with E-state index in [0.717, 1.165) is 46.3 Å². The summed E-state index contributed by atoms with van der Waals surface area (Å²) in [7, 11) is 0. The highest BCUT2D eigenvalue weighted by Gasteiger charge is 2.23. The summed E-state index contributed by atoms with van der Waals surface area (Å²) in [5, 5.41) is 7.92. The molecule has 0 radical (unpaired) electrons. The first-order chi connectivity index (χ1) is 15.8. The molecular weight excluding hydrogens is 418 g/mol. The molecule has 32 heavy (non-hydrogen) atoms. The van der Waals surface area contributed by atoms with Crippen LogP contribution in [0.1, 0.15) is 12.8 Å². The SMILES string of the molecule is CSc1ccccc1-c1ccnc2ccc(Nc3nc(NC4CC4)c4nc[nH]c4n3)cc12. The number of hydrogen-bond acceptors (Lipinski definition) is 7. The number of aromatic amines is 1. The van der Waals surface area contributed by atoms with E-state index in [-0.39, 0.29) is 0 Å². The third-order valence-corrected chi connectivity index (χ3v) is 6.39. The van der Waals surface area contributed by atoms with Crippen molar-refractivity contribution in [3.05, 3.63) is 61.1 Å². The molecule has 3 N–H and O–H groups in total. The molecule has 5 aromatic rings. The van der Waals surface area contributed by atoms with Crippen molar-refractivity contribution in [1.82, 2.24) is 24.9 Å². The lowest BCUT2D eigenvalue weighted by Crippen LogP contribution is -2.07. The first-order valence-electron chi connectivity index (χ1n) is 10.6. The number of thioether (sulfide) groups is 1. The fourth-order valence-corrected chi connectivity index (χ4v) is 4.48. The summed E-state index contributed by atoms with van der Waals surface area (Å²) >= 11 is 1.75. The van der Waals surface area contributed by atoms with E-state index < -0.39 is 0 Å². The summed E-state index contributed by atoms with van der Waals surface area (Å²) in [6.45, 7) is 0. The number of pyridine rings is 1. The van der Waals surface area contributed by atoms with Gasteiger partial charge in [-0.25, -0.2) is 4.98 Å². The summed E-state index contributed by atoms with van der Waals surface area (Å²) in [6.07, 6.45) is 7.95. The number of benzene rings is 2. The molecule has 1 saturated carbocycles. The Morgan fingerprint density at radius 3 is 2.78 bits per heavy atom. The molecule has 1 aliphatic carbocycles. The van der Waals surface area contributed by atoms with Crippen LogP contribution < -0.4 is 10.6 Å². The average Bonchev–Trinajstić information content (AvgIpc) is 3.51. The lowest BCUT2D eigenvalue weighted by Gasteiger charge is -2.12. The van der Waals surface area contributed by atoms with Crippen LogP contribution in [0.15, 0.2) is 66.0 Å². The highest BCUT2D eigenvalue weighted by atomic mass is 32.2. The van der Waals surface area contributed by atoms with Crippen LogP contribution in [0, 0.1) is 0 Å². The number of hydrogen-bond donors (Lipinski definition) is 3. The van der Waals surface area contributed by atoms with E-state index >= 15 is 0 Å². The molecule has 2 aromatic carbocycles. The third-order valence-electron chi connectivity index (χ3n) is 5.59. The fraction of sp³-hybridized carbons (Fsp3) is 0.167. The second-order valence-electron chi connectivity index (χ2n) is 7.83. The quantitative estimate of drug-likeness (QED) is 0.296. The molecule has 8 heteroatoms. The maximum atomic E-state index is 4.70. The van der Waals surface area contributed by atoms with Gasteiger partial charge in [0.2, 0.25) is 5.95 Å². The Kier molecular flexibility index (Phi) is 4.65. The van der Waals surface area contributed by atoms with Crippen molar-refractivity contribution >= 4 is 51.3 Å². The summed E-state index contributed by atoms with van der Waals surface area (Å²) in [6, 6.07) is 17.2. The first-order valence-corrected chi connectivity index (χ1v) is 11.8. The Labute approximate surface area is 189 Å². The number of fused-ring (bicyclic) bond motifs is 2. The Morgan fingerprint density at radius 2 is 1.91 bits per heavy atom. The third kappa shape index (κ3) is 3.52. The molecule has 7 nitrogen and oxygen atoms in total. The highest BCUT2D eigenvalue weighted by molar-refractivity contribution is 7.98. The van der Waals surface area contributed by atoms with Crippen molar-refractivity contribution in [1.29, 1.82) is 0 Å².